The summed E-state index contributed by atoms with van der Waals surface area (Å²) >= 11 is 3.35. The van der Waals surface area contributed by atoms with Crippen molar-refractivity contribution in [3.63, 3.8) is 0 Å². The molecule has 1 aromatic carbocycles. The van der Waals surface area contributed by atoms with Gasteiger partial charge in [0, 0.05) is 18.7 Å². The third-order valence-electron chi connectivity index (χ3n) is 2.87. The van der Waals surface area contributed by atoms with Gasteiger partial charge in [-0.1, -0.05) is 15.9 Å². The van der Waals surface area contributed by atoms with E-state index < -0.39 is 5.60 Å². The molecular formula is C13H15BrO4. The van der Waals surface area contributed by atoms with Gasteiger partial charge in [0.2, 0.25) is 0 Å². The van der Waals surface area contributed by atoms with Crippen molar-refractivity contribution < 1.29 is 19.0 Å². The zero-order valence-corrected chi connectivity index (χ0v) is 12.0. The quantitative estimate of drug-likeness (QED) is 0.856. The maximum absolute atomic E-state index is 12.2. The molecule has 0 unspecified atom stereocenters. The molecule has 0 aromatic heterocycles. The van der Waals surface area contributed by atoms with Gasteiger partial charge in [-0.2, -0.15) is 0 Å². The molecule has 0 aliphatic carbocycles. The van der Waals surface area contributed by atoms with Crippen LogP contribution in [0.15, 0.2) is 22.7 Å². The highest BCUT2D eigenvalue weighted by Gasteiger charge is 2.41. The first kappa shape index (κ1) is 13.5. The van der Waals surface area contributed by atoms with Crippen LogP contribution in [0.3, 0.4) is 0 Å². The van der Waals surface area contributed by atoms with Gasteiger partial charge >= 0.3 is 0 Å². The van der Waals surface area contributed by atoms with Crippen LogP contribution in [0.4, 0.5) is 0 Å². The molecule has 1 aliphatic rings. The molecule has 4 nitrogen and oxygen atoms in total. The lowest BCUT2D eigenvalue weighted by atomic mass is 9.91. The van der Waals surface area contributed by atoms with Gasteiger partial charge in [-0.15, -0.1) is 0 Å². The van der Waals surface area contributed by atoms with E-state index in [-0.39, 0.29) is 12.2 Å². The van der Waals surface area contributed by atoms with Gasteiger partial charge in [-0.3, -0.25) is 4.79 Å². The fourth-order valence-electron chi connectivity index (χ4n) is 2.20. The molecule has 0 fully saturated rings. The van der Waals surface area contributed by atoms with E-state index in [0.717, 1.165) is 4.47 Å². The number of hydrogen-bond donors (Lipinski definition) is 0. The summed E-state index contributed by atoms with van der Waals surface area (Å²) in [5, 5.41) is 0. The first-order valence-electron chi connectivity index (χ1n) is 5.60. The predicted molar refractivity (Wildman–Crippen MR) is 70.2 cm³/mol. The fraction of sp³-hybridized carbons (Fsp3) is 0.462. The lowest BCUT2D eigenvalue weighted by Gasteiger charge is -2.36. The third-order valence-corrected chi connectivity index (χ3v) is 3.36. The highest BCUT2D eigenvalue weighted by Crippen LogP contribution is 2.35. The Kier molecular flexibility index (Phi) is 4.04. The van der Waals surface area contributed by atoms with E-state index >= 15 is 0 Å². The van der Waals surface area contributed by atoms with E-state index in [0.29, 0.717) is 24.5 Å². The predicted octanol–water partition coefficient (Wildman–Crippen LogP) is 2.45. The van der Waals surface area contributed by atoms with Crippen LogP contribution in [0.1, 0.15) is 16.8 Å². The SMILES string of the molecule is COCC1(COC)CC(=O)c2cc(Br)ccc2O1. The van der Waals surface area contributed by atoms with Crippen LogP contribution in [-0.2, 0) is 9.47 Å². The molecule has 0 bridgehead atoms. The molecule has 0 spiro atoms. The summed E-state index contributed by atoms with van der Waals surface area (Å²) in [5.41, 5.74) is -0.117. The van der Waals surface area contributed by atoms with Crippen molar-refractivity contribution in [1.82, 2.24) is 0 Å². The third kappa shape index (κ3) is 2.58. The second-order valence-corrected chi connectivity index (χ2v) is 5.31. The molecule has 0 N–H and O–H groups in total. The summed E-state index contributed by atoms with van der Waals surface area (Å²) in [6, 6.07) is 5.42. The van der Waals surface area contributed by atoms with E-state index in [2.05, 4.69) is 15.9 Å². The Balaban J connectivity index is 2.36. The lowest BCUT2D eigenvalue weighted by molar-refractivity contribution is -0.0631. The Morgan fingerprint density at radius 2 is 2.00 bits per heavy atom. The number of methoxy groups -OCH3 is 2. The van der Waals surface area contributed by atoms with Gasteiger partial charge in [0.1, 0.15) is 5.75 Å². The van der Waals surface area contributed by atoms with E-state index in [9.17, 15) is 4.79 Å². The average molecular weight is 315 g/mol. The molecule has 1 heterocycles. The minimum atomic E-state index is -0.721. The topological polar surface area (TPSA) is 44.8 Å². The van der Waals surface area contributed by atoms with Crippen molar-refractivity contribution in [2.75, 3.05) is 27.4 Å². The molecule has 0 saturated carbocycles. The number of rotatable bonds is 4. The van der Waals surface area contributed by atoms with Gasteiger partial charge in [-0.25, -0.2) is 0 Å². The van der Waals surface area contributed by atoms with E-state index in [4.69, 9.17) is 14.2 Å². The van der Waals surface area contributed by atoms with Gasteiger partial charge in [0.05, 0.1) is 25.2 Å². The van der Waals surface area contributed by atoms with E-state index in [1.54, 1.807) is 26.4 Å². The molecule has 1 aromatic rings. The van der Waals surface area contributed by atoms with Crippen molar-refractivity contribution in [2.45, 2.75) is 12.0 Å². The van der Waals surface area contributed by atoms with Gasteiger partial charge in [-0.05, 0) is 18.2 Å². The number of ketones is 1. The molecule has 0 amide bonds. The highest BCUT2D eigenvalue weighted by atomic mass is 79.9. The normalized spacial score (nSPS) is 17.2. The molecule has 5 heteroatoms. The molecule has 2 rings (SSSR count). The Morgan fingerprint density at radius 1 is 1.33 bits per heavy atom. The Hall–Kier alpha value is -0.910. The zero-order valence-electron chi connectivity index (χ0n) is 10.4. The number of carbonyl (C=O) groups excluding carboxylic acids is 1. The summed E-state index contributed by atoms with van der Waals surface area (Å²) in [7, 11) is 3.17. The van der Waals surface area contributed by atoms with E-state index in [1.165, 1.54) is 0 Å². The van der Waals surface area contributed by atoms with Gasteiger partial charge < -0.3 is 14.2 Å². The number of fused-ring (bicyclic) bond motifs is 1. The van der Waals surface area contributed by atoms with E-state index in [1.807, 2.05) is 6.07 Å². The van der Waals surface area contributed by atoms with Crippen LogP contribution in [0.25, 0.3) is 0 Å². The number of Topliss-reactive ketones (excluding diaryl/α,β-unsaturated/α-hetero) is 1. The maximum Gasteiger partial charge on any atom is 0.170 e. The van der Waals surface area contributed by atoms with Gasteiger partial charge in [0.25, 0.3) is 0 Å². The average Bonchev–Trinajstić information content (AvgIpc) is 2.31. The minimum absolute atomic E-state index is 0.0478. The van der Waals surface area contributed by atoms with Crippen molar-refractivity contribution in [3.05, 3.63) is 28.2 Å². The number of hydrogen-bond acceptors (Lipinski definition) is 4. The highest BCUT2D eigenvalue weighted by molar-refractivity contribution is 9.10. The van der Waals surface area contributed by atoms with Crippen molar-refractivity contribution in [1.29, 1.82) is 0 Å². The van der Waals surface area contributed by atoms with Gasteiger partial charge in [0.15, 0.2) is 11.4 Å². The van der Waals surface area contributed by atoms with Crippen molar-refractivity contribution in [2.24, 2.45) is 0 Å². The summed E-state index contributed by atoms with van der Waals surface area (Å²) in [6.07, 6.45) is 0.262. The standard InChI is InChI=1S/C13H15BrO4/c1-16-7-13(8-17-2)6-11(15)10-5-9(14)3-4-12(10)18-13/h3-5H,6-8H2,1-2H3. The monoisotopic (exact) mass is 314 g/mol. The smallest absolute Gasteiger partial charge is 0.170 e. The second kappa shape index (κ2) is 5.38. The van der Waals surface area contributed by atoms with Crippen molar-refractivity contribution in [3.8, 4) is 5.75 Å². The second-order valence-electron chi connectivity index (χ2n) is 4.39. The minimum Gasteiger partial charge on any atom is -0.481 e. The zero-order chi connectivity index (χ0) is 13.2. The summed E-state index contributed by atoms with van der Waals surface area (Å²) in [6.45, 7) is 0.643. The molecule has 98 valence electrons. The first-order valence-corrected chi connectivity index (χ1v) is 6.39. The number of ether oxygens (including phenoxy) is 3. The van der Waals surface area contributed by atoms with Crippen LogP contribution < -0.4 is 4.74 Å². The Morgan fingerprint density at radius 3 is 2.61 bits per heavy atom. The molecule has 0 atom stereocenters. The largest absolute Gasteiger partial charge is 0.481 e. The number of halogens is 1. The summed E-state index contributed by atoms with van der Waals surface area (Å²) < 4.78 is 17.1. The summed E-state index contributed by atoms with van der Waals surface area (Å²) in [4.78, 5) is 12.2. The van der Waals surface area contributed by atoms with Crippen LogP contribution in [0, 0.1) is 0 Å². The molecular weight excluding hydrogens is 300 g/mol. The number of benzene rings is 1. The van der Waals surface area contributed by atoms with Crippen molar-refractivity contribution >= 4 is 21.7 Å². The Bertz CT molecular complexity index is 452. The first-order chi connectivity index (χ1) is 8.60. The number of carbonyl (C=O) groups is 1. The Labute approximate surface area is 114 Å². The fourth-order valence-corrected chi connectivity index (χ4v) is 2.56. The van der Waals surface area contributed by atoms with Crippen LogP contribution in [0.2, 0.25) is 0 Å². The lowest BCUT2D eigenvalue weighted by Crippen LogP contribution is -2.49. The van der Waals surface area contributed by atoms with Crippen LogP contribution >= 0.6 is 15.9 Å². The molecule has 1 aliphatic heterocycles. The molecule has 18 heavy (non-hydrogen) atoms. The summed E-state index contributed by atoms with van der Waals surface area (Å²) in [5.74, 6) is 0.634. The van der Waals surface area contributed by atoms with Crippen LogP contribution in [0.5, 0.6) is 5.75 Å². The molecule has 0 saturated heterocycles. The molecule has 0 radical (unpaired) electrons. The maximum atomic E-state index is 12.2. The van der Waals surface area contributed by atoms with Crippen LogP contribution in [-0.4, -0.2) is 38.8 Å².